The van der Waals surface area contributed by atoms with Crippen molar-refractivity contribution in [2.24, 2.45) is 0 Å². The Labute approximate surface area is 155 Å². The summed E-state index contributed by atoms with van der Waals surface area (Å²) in [6, 6.07) is 14.8. The van der Waals surface area contributed by atoms with Crippen LogP contribution in [0.15, 0.2) is 57.4 Å². The van der Waals surface area contributed by atoms with E-state index in [1.807, 2.05) is 36.4 Å². The molecule has 0 saturated carbocycles. The topological polar surface area (TPSA) is 82.5 Å². The second-order valence-corrected chi connectivity index (χ2v) is 6.51. The quantitative estimate of drug-likeness (QED) is 0.501. The van der Waals surface area contributed by atoms with Crippen molar-refractivity contribution in [2.45, 2.75) is 6.54 Å². The summed E-state index contributed by atoms with van der Waals surface area (Å²) in [6.45, 7) is 0.240. The van der Waals surface area contributed by atoms with Gasteiger partial charge in [0, 0.05) is 20.6 Å². The van der Waals surface area contributed by atoms with E-state index in [-0.39, 0.29) is 6.54 Å². The smallest absolute Gasteiger partial charge is 0.247 e. The summed E-state index contributed by atoms with van der Waals surface area (Å²) in [7, 11) is 0. The first-order valence-electron chi connectivity index (χ1n) is 7.29. The summed E-state index contributed by atoms with van der Waals surface area (Å²) in [5, 5.41) is 21.1. The second kappa shape index (κ2) is 6.73. The molecule has 0 atom stereocenters. The highest BCUT2D eigenvalue weighted by Crippen LogP contribution is 2.21. The SMILES string of the molecule is Clc1ccc(-c2nnc(Cn3nnc(-c4ccc(Br)cc4)n3)o2)cc1. The number of tetrazole rings is 1. The normalized spacial score (nSPS) is 11.0. The third kappa shape index (κ3) is 3.59. The van der Waals surface area contributed by atoms with Gasteiger partial charge in [0.25, 0.3) is 0 Å². The summed E-state index contributed by atoms with van der Waals surface area (Å²) in [4.78, 5) is 1.41. The van der Waals surface area contributed by atoms with Crippen LogP contribution in [0.1, 0.15) is 5.89 Å². The number of benzene rings is 2. The van der Waals surface area contributed by atoms with Crippen LogP contribution in [-0.4, -0.2) is 30.4 Å². The zero-order chi connectivity index (χ0) is 17.2. The molecule has 4 aromatic rings. The summed E-state index contributed by atoms with van der Waals surface area (Å²) >= 11 is 9.27. The molecular formula is C16H10BrClN6O. The van der Waals surface area contributed by atoms with Crippen LogP contribution in [0.3, 0.4) is 0 Å². The first-order chi connectivity index (χ1) is 12.2. The molecule has 7 nitrogen and oxygen atoms in total. The molecule has 0 saturated heterocycles. The molecule has 0 bridgehead atoms. The Morgan fingerprint density at radius 2 is 1.64 bits per heavy atom. The highest BCUT2D eigenvalue weighted by Gasteiger charge is 2.12. The third-order valence-electron chi connectivity index (χ3n) is 3.39. The lowest BCUT2D eigenvalue weighted by atomic mass is 10.2. The summed E-state index contributed by atoms with van der Waals surface area (Å²) in [5.41, 5.74) is 1.67. The Morgan fingerprint density at radius 1 is 0.920 bits per heavy atom. The van der Waals surface area contributed by atoms with Crippen molar-refractivity contribution < 1.29 is 4.42 Å². The average molecular weight is 418 g/mol. The maximum absolute atomic E-state index is 5.88. The van der Waals surface area contributed by atoms with E-state index in [0.717, 1.165) is 15.6 Å². The van der Waals surface area contributed by atoms with E-state index >= 15 is 0 Å². The lowest BCUT2D eigenvalue weighted by molar-refractivity contribution is 0.446. The molecule has 4 rings (SSSR count). The van der Waals surface area contributed by atoms with E-state index in [4.69, 9.17) is 16.0 Å². The van der Waals surface area contributed by atoms with Gasteiger partial charge in [0.2, 0.25) is 17.6 Å². The molecule has 0 aliphatic rings. The molecule has 0 radical (unpaired) electrons. The van der Waals surface area contributed by atoms with Gasteiger partial charge in [-0.2, -0.15) is 4.80 Å². The van der Waals surface area contributed by atoms with Gasteiger partial charge in [-0.05, 0) is 53.7 Å². The van der Waals surface area contributed by atoms with Gasteiger partial charge in [-0.1, -0.05) is 27.5 Å². The van der Waals surface area contributed by atoms with Gasteiger partial charge >= 0.3 is 0 Å². The molecule has 124 valence electrons. The second-order valence-electron chi connectivity index (χ2n) is 5.16. The van der Waals surface area contributed by atoms with E-state index in [0.29, 0.717) is 22.6 Å². The molecular weight excluding hydrogens is 408 g/mol. The van der Waals surface area contributed by atoms with Crippen LogP contribution in [0.4, 0.5) is 0 Å². The fraction of sp³-hybridized carbons (Fsp3) is 0.0625. The predicted molar refractivity (Wildman–Crippen MR) is 94.8 cm³/mol. The summed E-state index contributed by atoms with van der Waals surface area (Å²) < 4.78 is 6.63. The number of rotatable bonds is 4. The molecule has 0 fully saturated rings. The minimum absolute atomic E-state index is 0.240. The lowest BCUT2D eigenvalue weighted by Crippen LogP contribution is -2.04. The van der Waals surface area contributed by atoms with Crippen LogP contribution in [-0.2, 0) is 6.54 Å². The van der Waals surface area contributed by atoms with Crippen molar-refractivity contribution in [3.8, 4) is 22.8 Å². The van der Waals surface area contributed by atoms with E-state index in [2.05, 4.69) is 41.5 Å². The van der Waals surface area contributed by atoms with Crippen molar-refractivity contribution in [1.29, 1.82) is 0 Å². The lowest BCUT2D eigenvalue weighted by Gasteiger charge is -1.95. The van der Waals surface area contributed by atoms with Gasteiger partial charge in [0.15, 0.2) is 0 Å². The minimum Gasteiger partial charge on any atom is -0.419 e. The Bertz CT molecular complexity index is 914. The highest BCUT2D eigenvalue weighted by atomic mass is 79.9. The number of aromatic nitrogens is 6. The number of hydrogen-bond donors (Lipinski definition) is 0. The van der Waals surface area contributed by atoms with Crippen LogP contribution < -0.4 is 0 Å². The van der Waals surface area contributed by atoms with Gasteiger partial charge in [-0.25, -0.2) is 0 Å². The summed E-state index contributed by atoms with van der Waals surface area (Å²) in [5.74, 6) is 1.34. The maximum Gasteiger partial charge on any atom is 0.247 e. The molecule has 0 N–H and O–H groups in total. The Morgan fingerprint density at radius 3 is 2.40 bits per heavy atom. The molecule has 0 amide bonds. The Balaban J connectivity index is 1.51. The largest absolute Gasteiger partial charge is 0.419 e. The zero-order valence-electron chi connectivity index (χ0n) is 12.7. The van der Waals surface area contributed by atoms with Crippen LogP contribution in [0.2, 0.25) is 5.02 Å². The van der Waals surface area contributed by atoms with Crippen molar-refractivity contribution in [3.05, 3.63) is 63.9 Å². The monoisotopic (exact) mass is 416 g/mol. The van der Waals surface area contributed by atoms with E-state index in [1.165, 1.54) is 4.80 Å². The molecule has 0 unspecified atom stereocenters. The predicted octanol–water partition coefficient (Wildman–Crippen LogP) is 3.85. The molecule has 2 aromatic heterocycles. The van der Waals surface area contributed by atoms with Crippen LogP contribution in [0, 0.1) is 0 Å². The molecule has 2 heterocycles. The van der Waals surface area contributed by atoms with E-state index in [1.54, 1.807) is 12.1 Å². The first kappa shape index (κ1) is 15.9. The fourth-order valence-corrected chi connectivity index (χ4v) is 2.56. The first-order valence-corrected chi connectivity index (χ1v) is 8.46. The number of nitrogens with zero attached hydrogens (tertiary/aromatic N) is 6. The van der Waals surface area contributed by atoms with Gasteiger partial charge in [0.05, 0.1) is 0 Å². The van der Waals surface area contributed by atoms with Crippen LogP contribution >= 0.6 is 27.5 Å². The van der Waals surface area contributed by atoms with Gasteiger partial charge in [-0.3, -0.25) is 0 Å². The van der Waals surface area contributed by atoms with Crippen molar-refractivity contribution in [3.63, 3.8) is 0 Å². The van der Waals surface area contributed by atoms with Crippen molar-refractivity contribution in [1.82, 2.24) is 30.4 Å². The third-order valence-corrected chi connectivity index (χ3v) is 4.17. The number of hydrogen-bond acceptors (Lipinski definition) is 6. The van der Waals surface area contributed by atoms with Crippen LogP contribution in [0.5, 0.6) is 0 Å². The average Bonchev–Trinajstić information content (AvgIpc) is 3.27. The molecule has 2 aromatic carbocycles. The molecule has 0 aliphatic carbocycles. The maximum atomic E-state index is 5.88. The van der Waals surface area contributed by atoms with Gasteiger partial charge in [0.1, 0.15) is 6.54 Å². The van der Waals surface area contributed by atoms with Crippen LogP contribution in [0.25, 0.3) is 22.8 Å². The molecule has 9 heteroatoms. The minimum atomic E-state index is 0.240. The fourth-order valence-electron chi connectivity index (χ4n) is 2.17. The Kier molecular flexibility index (Phi) is 4.29. The van der Waals surface area contributed by atoms with E-state index < -0.39 is 0 Å². The highest BCUT2D eigenvalue weighted by molar-refractivity contribution is 9.10. The van der Waals surface area contributed by atoms with E-state index in [9.17, 15) is 0 Å². The van der Waals surface area contributed by atoms with Crippen molar-refractivity contribution in [2.75, 3.05) is 0 Å². The molecule has 0 spiro atoms. The van der Waals surface area contributed by atoms with Crippen molar-refractivity contribution >= 4 is 27.5 Å². The molecule has 25 heavy (non-hydrogen) atoms. The molecule has 0 aliphatic heterocycles. The van der Waals surface area contributed by atoms with Gasteiger partial charge in [-0.15, -0.1) is 20.4 Å². The zero-order valence-corrected chi connectivity index (χ0v) is 15.0. The van der Waals surface area contributed by atoms with Gasteiger partial charge < -0.3 is 4.42 Å². The summed E-state index contributed by atoms with van der Waals surface area (Å²) in [6.07, 6.45) is 0. The number of halogens is 2. The Hall–Kier alpha value is -2.58. The standard InChI is InChI=1S/C16H10BrClN6O/c17-12-5-1-10(2-6-12)15-20-23-24(22-15)9-14-19-21-16(25-14)11-3-7-13(18)8-4-11/h1-8H,9H2.